The zero-order valence-electron chi connectivity index (χ0n) is 9.82. The van der Waals surface area contributed by atoms with Gasteiger partial charge in [0.2, 0.25) is 0 Å². The van der Waals surface area contributed by atoms with Gasteiger partial charge in [-0.2, -0.15) is 5.10 Å². The molecule has 0 aliphatic carbocycles. The summed E-state index contributed by atoms with van der Waals surface area (Å²) in [5.41, 5.74) is 1.17. The van der Waals surface area contributed by atoms with E-state index in [-0.39, 0.29) is 11.4 Å². The molecule has 94 valence electrons. The summed E-state index contributed by atoms with van der Waals surface area (Å²) in [5, 5.41) is 16.3. The summed E-state index contributed by atoms with van der Waals surface area (Å²) in [6.07, 6.45) is 3.33. The van der Waals surface area contributed by atoms with Gasteiger partial charge in [0.15, 0.2) is 11.3 Å². The third kappa shape index (κ3) is 2.11. The molecule has 19 heavy (non-hydrogen) atoms. The quantitative estimate of drug-likeness (QED) is 0.682. The molecule has 2 aromatic heterocycles. The van der Waals surface area contributed by atoms with Gasteiger partial charge in [0, 0.05) is 18.5 Å². The highest BCUT2D eigenvalue weighted by atomic mass is 16.3. The molecule has 1 amide bonds. The summed E-state index contributed by atoms with van der Waals surface area (Å²) in [4.78, 5) is 16.1. The SMILES string of the molecule is O=C(Nc1ccccc1O)c1cc2ncccn2n1. The maximum atomic E-state index is 12.0. The van der Waals surface area contributed by atoms with Crippen molar-refractivity contribution in [2.45, 2.75) is 0 Å². The normalized spacial score (nSPS) is 10.5. The molecule has 0 unspecified atom stereocenters. The van der Waals surface area contributed by atoms with Crippen molar-refractivity contribution in [1.29, 1.82) is 0 Å². The molecule has 0 aliphatic rings. The average Bonchev–Trinajstić information content (AvgIpc) is 2.85. The molecule has 0 fully saturated rings. The van der Waals surface area contributed by atoms with E-state index >= 15 is 0 Å². The molecule has 3 aromatic rings. The van der Waals surface area contributed by atoms with Crippen LogP contribution in [0.15, 0.2) is 48.8 Å². The predicted molar refractivity (Wildman–Crippen MR) is 69.0 cm³/mol. The number of carbonyl (C=O) groups excluding carboxylic acids is 1. The van der Waals surface area contributed by atoms with Crippen LogP contribution in [0, 0.1) is 0 Å². The van der Waals surface area contributed by atoms with Crippen molar-refractivity contribution in [2.24, 2.45) is 0 Å². The van der Waals surface area contributed by atoms with Crippen molar-refractivity contribution in [3.63, 3.8) is 0 Å². The number of hydrogen-bond donors (Lipinski definition) is 2. The second kappa shape index (κ2) is 4.41. The Morgan fingerprint density at radius 1 is 1.26 bits per heavy atom. The minimum absolute atomic E-state index is 0.0118. The summed E-state index contributed by atoms with van der Waals surface area (Å²) < 4.78 is 1.51. The molecule has 6 nitrogen and oxygen atoms in total. The van der Waals surface area contributed by atoms with E-state index in [0.717, 1.165) is 0 Å². The first kappa shape index (κ1) is 11.2. The molecule has 0 atom stereocenters. The number of anilines is 1. The van der Waals surface area contributed by atoms with Crippen LogP contribution in [0.4, 0.5) is 5.69 Å². The Labute approximate surface area is 108 Å². The Balaban J connectivity index is 1.90. The molecule has 0 spiro atoms. The topological polar surface area (TPSA) is 79.5 Å². The number of aromatic hydroxyl groups is 1. The zero-order valence-corrected chi connectivity index (χ0v) is 9.82. The van der Waals surface area contributed by atoms with Crippen molar-refractivity contribution in [1.82, 2.24) is 14.6 Å². The summed E-state index contributed by atoms with van der Waals surface area (Å²) in [7, 11) is 0. The van der Waals surface area contributed by atoms with Crippen LogP contribution in [-0.2, 0) is 0 Å². The number of para-hydroxylation sites is 2. The Hall–Kier alpha value is -2.89. The zero-order chi connectivity index (χ0) is 13.2. The minimum Gasteiger partial charge on any atom is -0.506 e. The highest BCUT2D eigenvalue weighted by Crippen LogP contribution is 2.22. The van der Waals surface area contributed by atoms with Gasteiger partial charge < -0.3 is 10.4 Å². The van der Waals surface area contributed by atoms with Crippen LogP contribution >= 0.6 is 0 Å². The van der Waals surface area contributed by atoms with Gasteiger partial charge in [0.25, 0.3) is 5.91 Å². The molecule has 2 N–H and O–H groups in total. The van der Waals surface area contributed by atoms with Crippen LogP contribution in [-0.4, -0.2) is 25.6 Å². The van der Waals surface area contributed by atoms with E-state index in [1.807, 2.05) is 0 Å². The van der Waals surface area contributed by atoms with Crippen molar-refractivity contribution < 1.29 is 9.90 Å². The summed E-state index contributed by atoms with van der Waals surface area (Å²) >= 11 is 0. The number of aromatic nitrogens is 3. The standard InChI is InChI=1S/C13H10N4O2/c18-11-5-2-1-4-9(11)15-13(19)10-8-12-14-6-3-7-17(12)16-10/h1-8,18H,(H,15,19). The molecule has 0 radical (unpaired) electrons. The largest absolute Gasteiger partial charge is 0.506 e. The fraction of sp³-hybridized carbons (Fsp3) is 0. The molecule has 3 rings (SSSR count). The number of hydrogen-bond acceptors (Lipinski definition) is 4. The van der Waals surface area contributed by atoms with Gasteiger partial charge in [0.1, 0.15) is 5.75 Å². The summed E-state index contributed by atoms with van der Waals surface area (Å²) in [5.74, 6) is -0.385. The highest BCUT2D eigenvalue weighted by Gasteiger charge is 2.12. The fourth-order valence-electron chi connectivity index (χ4n) is 1.71. The number of rotatable bonds is 2. The molecule has 2 heterocycles. The Kier molecular flexibility index (Phi) is 2.60. The number of nitrogens with zero attached hydrogens (tertiary/aromatic N) is 3. The molecule has 0 saturated heterocycles. The molecule has 0 bridgehead atoms. The molecule has 1 aromatic carbocycles. The maximum Gasteiger partial charge on any atom is 0.276 e. The van der Waals surface area contributed by atoms with Gasteiger partial charge in [0.05, 0.1) is 5.69 Å². The number of benzene rings is 1. The van der Waals surface area contributed by atoms with E-state index in [1.54, 1.807) is 42.7 Å². The lowest BCUT2D eigenvalue weighted by atomic mass is 10.3. The monoisotopic (exact) mass is 254 g/mol. The van der Waals surface area contributed by atoms with E-state index < -0.39 is 5.91 Å². The fourth-order valence-corrected chi connectivity index (χ4v) is 1.71. The third-order valence-electron chi connectivity index (χ3n) is 2.62. The van der Waals surface area contributed by atoms with Crippen LogP contribution in [0.5, 0.6) is 5.75 Å². The second-order valence-electron chi connectivity index (χ2n) is 3.92. The number of phenols is 1. The first-order valence-corrected chi connectivity index (χ1v) is 5.64. The number of amides is 1. The van der Waals surface area contributed by atoms with Gasteiger partial charge in [-0.15, -0.1) is 0 Å². The third-order valence-corrected chi connectivity index (χ3v) is 2.62. The van der Waals surface area contributed by atoms with Crippen LogP contribution in [0.2, 0.25) is 0 Å². The van der Waals surface area contributed by atoms with Crippen molar-refractivity contribution >= 4 is 17.2 Å². The Morgan fingerprint density at radius 2 is 2.11 bits per heavy atom. The van der Waals surface area contributed by atoms with Crippen LogP contribution in [0.3, 0.4) is 0 Å². The molecular weight excluding hydrogens is 244 g/mol. The summed E-state index contributed by atoms with van der Waals surface area (Å²) in [6, 6.07) is 9.82. The van der Waals surface area contributed by atoms with E-state index in [2.05, 4.69) is 15.4 Å². The van der Waals surface area contributed by atoms with Crippen LogP contribution in [0.25, 0.3) is 5.65 Å². The first-order valence-electron chi connectivity index (χ1n) is 5.64. The molecular formula is C13H10N4O2. The lowest BCUT2D eigenvalue weighted by molar-refractivity contribution is 0.102. The smallest absolute Gasteiger partial charge is 0.276 e. The Morgan fingerprint density at radius 3 is 2.89 bits per heavy atom. The number of phenolic OH excluding ortho intramolecular Hbond substituents is 1. The van der Waals surface area contributed by atoms with E-state index in [9.17, 15) is 9.90 Å². The molecule has 0 aliphatic heterocycles. The van der Waals surface area contributed by atoms with Crippen molar-refractivity contribution in [2.75, 3.05) is 5.32 Å². The van der Waals surface area contributed by atoms with Gasteiger partial charge in [-0.1, -0.05) is 12.1 Å². The first-order chi connectivity index (χ1) is 9.24. The lowest BCUT2D eigenvalue weighted by Gasteiger charge is -2.04. The van der Waals surface area contributed by atoms with Crippen LogP contribution in [0.1, 0.15) is 10.5 Å². The second-order valence-corrected chi connectivity index (χ2v) is 3.92. The average molecular weight is 254 g/mol. The maximum absolute atomic E-state index is 12.0. The van der Waals surface area contributed by atoms with E-state index in [4.69, 9.17) is 0 Å². The van der Waals surface area contributed by atoms with Crippen LogP contribution < -0.4 is 5.32 Å². The van der Waals surface area contributed by atoms with Gasteiger partial charge in [-0.05, 0) is 18.2 Å². The minimum atomic E-state index is -0.396. The van der Waals surface area contributed by atoms with Gasteiger partial charge in [-0.25, -0.2) is 9.50 Å². The van der Waals surface area contributed by atoms with E-state index in [1.165, 1.54) is 10.6 Å². The Bertz CT molecular complexity index is 718. The van der Waals surface area contributed by atoms with E-state index in [0.29, 0.717) is 11.3 Å². The number of fused-ring (bicyclic) bond motifs is 1. The number of carbonyl (C=O) groups is 1. The number of nitrogens with one attached hydrogen (secondary N) is 1. The van der Waals surface area contributed by atoms with Gasteiger partial charge >= 0.3 is 0 Å². The van der Waals surface area contributed by atoms with Gasteiger partial charge in [-0.3, -0.25) is 4.79 Å². The lowest BCUT2D eigenvalue weighted by Crippen LogP contribution is -2.12. The summed E-state index contributed by atoms with van der Waals surface area (Å²) in [6.45, 7) is 0. The van der Waals surface area contributed by atoms with Crippen molar-refractivity contribution in [3.05, 3.63) is 54.5 Å². The predicted octanol–water partition coefficient (Wildman–Crippen LogP) is 1.69. The molecule has 0 saturated carbocycles. The molecule has 6 heteroatoms. The van der Waals surface area contributed by atoms with Crippen molar-refractivity contribution in [3.8, 4) is 5.75 Å². The highest BCUT2D eigenvalue weighted by molar-refractivity contribution is 6.04.